The average Bonchev–Trinajstić information content (AvgIpc) is 2.81. The highest BCUT2D eigenvalue weighted by molar-refractivity contribution is 9.10. The molecule has 2 heterocycles. The normalized spacial score (nSPS) is 12.6. The summed E-state index contributed by atoms with van der Waals surface area (Å²) in [4.78, 5) is 4.38. The first-order valence-electron chi connectivity index (χ1n) is 5.19. The first-order chi connectivity index (χ1) is 7.81. The van der Waals surface area contributed by atoms with Crippen molar-refractivity contribution >= 4 is 15.9 Å². The van der Waals surface area contributed by atoms with Crippen LogP contribution in [0.15, 0.2) is 45.6 Å². The van der Waals surface area contributed by atoms with Gasteiger partial charge in [-0.3, -0.25) is 4.98 Å². The minimum Gasteiger partial charge on any atom is -0.467 e. The standard InChI is InChI=1S/C12H13BrN2O/c1-2-14-12(11-4-3-7-16-11)10-6-5-9(13)8-15-10/h3-8,12,14H,2H2,1H3. The summed E-state index contributed by atoms with van der Waals surface area (Å²) in [5.41, 5.74) is 0.958. The van der Waals surface area contributed by atoms with Crippen LogP contribution in [0.2, 0.25) is 0 Å². The van der Waals surface area contributed by atoms with E-state index in [2.05, 4.69) is 33.2 Å². The molecule has 0 fully saturated rings. The summed E-state index contributed by atoms with van der Waals surface area (Å²) in [6, 6.07) is 7.83. The maximum atomic E-state index is 5.42. The van der Waals surface area contributed by atoms with Crippen molar-refractivity contribution in [3.05, 3.63) is 52.7 Å². The summed E-state index contributed by atoms with van der Waals surface area (Å²) in [5.74, 6) is 0.886. The van der Waals surface area contributed by atoms with Crippen molar-refractivity contribution in [2.24, 2.45) is 0 Å². The molecule has 4 heteroatoms. The molecule has 0 aliphatic rings. The number of hydrogen-bond donors (Lipinski definition) is 1. The van der Waals surface area contributed by atoms with E-state index in [0.717, 1.165) is 22.5 Å². The van der Waals surface area contributed by atoms with Crippen LogP contribution in [-0.4, -0.2) is 11.5 Å². The number of nitrogens with zero attached hydrogens (tertiary/aromatic N) is 1. The lowest BCUT2D eigenvalue weighted by atomic mass is 10.1. The van der Waals surface area contributed by atoms with Gasteiger partial charge in [0.1, 0.15) is 11.8 Å². The Morgan fingerprint density at radius 2 is 2.31 bits per heavy atom. The Morgan fingerprint density at radius 1 is 1.44 bits per heavy atom. The fourth-order valence-corrected chi connectivity index (χ4v) is 1.80. The smallest absolute Gasteiger partial charge is 0.126 e. The van der Waals surface area contributed by atoms with E-state index in [-0.39, 0.29) is 6.04 Å². The number of furan rings is 1. The largest absolute Gasteiger partial charge is 0.467 e. The van der Waals surface area contributed by atoms with Crippen LogP contribution in [0.3, 0.4) is 0 Å². The minimum atomic E-state index is 0.0214. The van der Waals surface area contributed by atoms with Gasteiger partial charge in [0.2, 0.25) is 0 Å². The second-order valence-electron chi connectivity index (χ2n) is 3.41. The Bertz CT molecular complexity index is 425. The molecule has 1 atom stereocenters. The van der Waals surface area contributed by atoms with Crippen molar-refractivity contribution < 1.29 is 4.42 Å². The summed E-state index contributed by atoms with van der Waals surface area (Å²) in [6.45, 7) is 2.93. The first-order valence-corrected chi connectivity index (χ1v) is 5.98. The lowest BCUT2D eigenvalue weighted by molar-refractivity contribution is 0.447. The van der Waals surface area contributed by atoms with Gasteiger partial charge in [-0.2, -0.15) is 0 Å². The highest BCUT2D eigenvalue weighted by Gasteiger charge is 2.16. The van der Waals surface area contributed by atoms with E-state index in [0.29, 0.717) is 0 Å². The van der Waals surface area contributed by atoms with Gasteiger partial charge in [0.05, 0.1) is 12.0 Å². The van der Waals surface area contributed by atoms with E-state index in [1.54, 1.807) is 12.5 Å². The summed E-state index contributed by atoms with van der Waals surface area (Å²) in [5, 5.41) is 3.35. The zero-order valence-corrected chi connectivity index (χ0v) is 10.6. The second-order valence-corrected chi connectivity index (χ2v) is 4.32. The van der Waals surface area contributed by atoms with Crippen molar-refractivity contribution in [2.75, 3.05) is 6.54 Å². The van der Waals surface area contributed by atoms with E-state index in [9.17, 15) is 0 Å². The first kappa shape index (κ1) is 11.4. The molecule has 1 unspecified atom stereocenters. The Hall–Kier alpha value is -1.13. The molecule has 0 amide bonds. The third-order valence-electron chi connectivity index (χ3n) is 2.28. The Kier molecular flexibility index (Phi) is 3.74. The predicted molar refractivity (Wildman–Crippen MR) is 66.2 cm³/mol. The molecule has 2 aromatic rings. The molecule has 0 radical (unpaired) electrons. The van der Waals surface area contributed by atoms with Crippen molar-refractivity contribution in [1.29, 1.82) is 0 Å². The van der Waals surface area contributed by atoms with Gasteiger partial charge in [-0.15, -0.1) is 0 Å². The monoisotopic (exact) mass is 280 g/mol. The molecule has 0 spiro atoms. The quantitative estimate of drug-likeness (QED) is 0.935. The van der Waals surface area contributed by atoms with E-state index in [1.165, 1.54) is 0 Å². The maximum absolute atomic E-state index is 5.42. The van der Waals surface area contributed by atoms with Crippen molar-refractivity contribution in [3.63, 3.8) is 0 Å². The Balaban J connectivity index is 2.29. The third kappa shape index (κ3) is 2.51. The fourth-order valence-electron chi connectivity index (χ4n) is 1.57. The Morgan fingerprint density at radius 3 is 2.88 bits per heavy atom. The summed E-state index contributed by atoms with van der Waals surface area (Å²) < 4.78 is 6.40. The average molecular weight is 281 g/mol. The second kappa shape index (κ2) is 5.27. The van der Waals surface area contributed by atoms with Crippen molar-refractivity contribution in [3.8, 4) is 0 Å². The fraction of sp³-hybridized carbons (Fsp3) is 0.250. The summed E-state index contributed by atoms with van der Waals surface area (Å²) >= 11 is 3.38. The van der Waals surface area contributed by atoms with Gasteiger partial charge in [0.25, 0.3) is 0 Å². The molecule has 0 saturated carbocycles. The van der Waals surface area contributed by atoms with Crippen LogP contribution in [0.4, 0.5) is 0 Å². The van der Waals surface area contributed by atoms with Crippen molar-refractivity contribution in [1.82, 2.24) is 10.3 Å². The van der Waals surface area contributed by atoms with Gasteiger partial charge < -0.3 is 9.73 Å². The molecule has 0 saturated heterocycles. The van der Waals surface area contributed by atoms with Crippen LogP contribution in [0.25, 0.3) is 0 Å². The molecule has 0 aliphatic carbocycles. The van der Waals surface area contributed by atoms with E-state index in [1.807, 2.05) is 24.3 Å². The summed E-state index contributed by atoms with van der Waals surface area (Å²) in [6.07, 6.45) is 3.47. The van der Waals surface area contributed by atoms with Gasteiger partial charge >= 0.3 is 0 Å². The third-order valence-corrected chi connectivity index (χ3v) is 2.75. The number of rotatable bonds is 4. The van der Waals surface area contributed by atoms with Crippen LogP contribution in [-0.2, 0) is 0 Å². The van der Waals surface area contributed by atoms with E-state index >= 15 is 0 Å². The molecule has 84 valence electrons. The topological polar surface area (TPSA) is 38.1 Å². The molecule has 1 N–H and O–H groups in total. The van der Waals surface area contributed by atoms with Crippen LogP contribution >= 0.6 is 15.9 Å². The Labute approximate surface area is 103 Å². The zero-order valence-electron chi connectivity index (χ0n) is 8.98. The number of aromatic nitrogens is 1. The maximum Gasteiger partial charge on any atom is 0.126 e. The van der Waals surface area contributed by atoms with Gasteiger partial charge in [-0.1, -0.05) is 6.92 Å². The van der Waals surface area contributed by atoms with Gasteiger partial charge in [0, 0.05) is 10.7 Å². The molecular formula is C12H13BrN2O. The lowest BCUT2D eigenvalue weighted by Crippen LogP contribution is -2.22. The number of pyridine rings is 1. The SMILES string of the molecule is CCNC(c1ccc(Br)cn1)c1ccco1. The summed E-state index contributed by atoms with van der Waals surface area (Å²) in [7, 11) is 0. The number of hydrogen-bond acceptors (Lipinski definition) is 3. The molecule has 0 aromatic carbocycles. The minimum absolute atomic E-state index is 0.0214. The highest BCUT2D eigenvalue weighted by atomic mass is 79.9. The van der Waals surface area contributed by atoms with E-state index < -0.39 is 0 Å². The van der Waals surface area contributed by atoms with E-state index in [4.69, 9.17) is 4.42 Å². The van der Waals surface area contributed by atoms with Gasteiger partial charge in [-0.05, 0) is 46.7 Å². The van der Waals surface area contributed by atoms with Crippen LogP contribution in [0.1, 0.15) is 24.4 Å². The number of nitrogens with one attached hydrogen (secondary N) is 1. The zero-order chi connectivity index (χ0) is 11.4. The van der Waals surface area contributed by atoms with Gasteiger partial charge in [-0.25, -0.2) is 0 Å². The van der Waals surface area contributed by atoms with Crippen LogP contribution in [0.5, 0.6) is 0 Å². The highest BCUT2D eigenvalue weighted by Crippen LogP contribution is 2.21. The molecular weight excluding hydrogens is 268 g/mol. The number of halogens is 1. The molecule has 2 rings (SSSR count). The lowest BCUT2D eigenvalue weighted by Gasteiger charge is -2.14. The van der Waals surface area contributed by atoms with Crippen LogP contribution in [0, 0.1) is 0 Å². The molecule has 3 nitrogen and oxygen atoms in total. The molecule has 0 aliphatic heterocycles. The predicted octanol–water partition coefficient (Wildman–Crippen LogP) is 3.14. The van der Waals surface area contributed by atoms with Crippen molar-refractivity contribution in [2.45, 2.75) is 13.0 Å². The molecule has 2 aromatic heterocycles. The van der Waals surface area contributed by atoms with Gasteiger partial charge in [0.15, 0.2) is 0 Å². The molecule has 0 bridgehead atoms. The molecule has 16 heavy (non-hydrogen) atoms. The van der Waals surface area contributed by atoms with Crippen LogP contribution < -0.4 is 5.32 Å².